The van der Waals surface area contributed by atoms with Crippen molar-refractivity contribution in [1.82, 2.24) is 24.5 Å². The van der Waals surface area contributed by atoms with Crippen molar-refractivity contribution in [2.45, 2.75) is 26.8 Å². The second-order valence-electron chi connectivity index (χ2n) is 6.61. The largest absolute Gasteiger partial charge is 0.345 e. The van der Waals surface area contributed by atoms with Crippen LogP contribution in [0.5, 0.6) is 0 Å². The summed E-state index contributed by atoms with van der Waals surface area (Å²) in [5, 5.41) is 8.04. The molecule has 1 amide bonds. The van der Waals surface area contributed by atoms with E-state index in [2.05, 4.69) is 15.4 Å². The molecule has 0 atom stereocenters. The van der Waals surface area contributed by atoms with E-state index in [1.807, 2.05) is 56.4 Å². The molecule has 0 saturated heterocycles. The number of hydrogen-bond donors (Lipinski definition) is 1. The predicted molar refractivity (Wildman–Crippen MR) is 109 cm³/mol. The molecule has 1 N–H and O–H groups in total. The summed E-state index contributed by atoms with van der Waals surface area (Å²) in [4.78, 5) is 17.4. The summed E-state index contributed by atoms with van der Waals surface area (Å²) >= 11 is 6.10. The average Bonchev–Trinajstić information content (AvgIpc) is 3.31. The van der Waals surface area contributed by atoms with Crippen LogP contribution in [0.25, 0.3) is 11.3 Å². The van der Waals surface area contributed by atoms with Crippen LogP contribution < -0.4 is 5.32 Å². The van der Waals surface area contributed by atoms with Crippen LogP contribution >= 0.6 is 11.6 Å². The number of aryl methyl sites for hydroxylation is 2. The van der Waals surface area contributed by atoms with Crippen molar-refractivity contribution in [2.75, 3.05) is 0 Å². The fourth-order valence-electron chi connectivity index (χ4n) is 3.11. The van der Waals surface area contributed by atoms with Crippen LogP contribution in [0.4, 0.5) is 0 Å². The molecule has 0 radical (unpaired) electrons. The zero-order valence-electron chi connectivity index (χ0n) is 15.7. The van der Waals surface area contributed by atoms with Crippen LogP contribution in [0.3, 0.4) is 0 Å². The molecule has 0 aliphatic rings. The number of pyridine rings is 1. The number of fused-ring (bicyclic) bond motifs is 1. The molecule has 7 heteroatoms. The molecule has 142 valence electrons. The monoisotopic (exact) mass is 393 g/mol. The van der Waals surface area contributed by atoms with Gasteiger partial charge in [0.15, 0.2) is 0 Å². The summed E-state index contributed by atoms with van der Waals surface area (Å²) in [6, 6.07) is 13.6. The maximum atomic E-state index is 12.8. The van der Waals surface area contributed by atoms with Gasteiger partial charge >= 0.3 is 0 Å². The van der Waals surface area contributed by atoms with E-state index in [0.29, 0.717) is 29.3 Å². The van der Waals surface area contributed by atoms with Crippen LogP contribution in [-0.2, 0) is 13.0 Å². The molecular formula is C21H20ClN5O. The average molecular weight is 394 g/mol. The highest BCUT2D eigenvalue weighted by Crippen LogP contribution is 2.17. The molecule has 0 spiro atoms. The molecule has 0 aliphatic heterocycles. The van der Waals surface area contributed by atoms with Gasteiger partial charge in [-0.1, -0.05) is 36.2 Å². The van der Waals surface area contributed by atoms with Crippen LogP contribution in [-0.4, -0.2) is 25.1 Å². The van der Waals surface area contributed by atoms with Gasteiger partial charge in [0.1, 0.15) is 11.3 Å². The smallest absolute Gasteiger partial charge is 0.270 e. The van der Waals surface area contributed by atoms with Gasteiger partial charge in [-0.2, -0.15) is 5.10 Å². The molecule has 0 bridgehead atoms. The molecule has 6 nitrogen and oxygen atoms in total. The molecule has 4 aromatic rings. The molecule has 3 aromatic heterocycles. The molecular weight excluding hydrogens is 374 g/mol. The van der Waals surface area contributed by atoms with Gasteiger partial charge in [0.2, 0.25) is 0 Å². The summed E-state index contributed by atoms with van der Waals surface area (Å²) < 4.78 is 3.54. The Morgan fingerprint density at radius 3 is 2.68 bits per heavy atom. The number of amides is 1. The quantitative estimate of drug-likeness (QED) is 0.558. The fraction of sp³-hybridized carbons (Fsp3) is 0.190. The Morgan fingerprint density at radius 1 is 1.14 bits per heavy atom. The van der Waals surface area contributed by atoms with E-state index >= 15 is 0 Å². The van der Waals surface area contributed by atoms with Crippen molar-refractivity contribution >= 4 is 23.2 Å². The Morgan fingerprint density at radius 2 is 1.93 bits per heavy atom. The van der Waals surface area contributed by atoms with Gasteiger partial charge in [-0.25, -0.2) is 9.67 Å². The first-order valence-corrected chi connectivity index (χ1v) is 9.49. The molecule has 0 saturated carbocycles. The van der Waals surface area contributed by atoms with Gasteiger partial charge in [0, 0.05) is 12.4 Å². The Labute approximate surface area is 167 Å². The highest BCUT2D eigenvalue weighted by molar-refractivity contribution is 6.30. The lowest BCUT2D eigenvalue weighted by molar-refractivity contribution is 0.0943. The normalized spacial score (nSPS) is 11.1. The number of benzene rings is 1. The van der Waals surface area contributed by atoms with Crippen molar-refractivity contribution in [2.24, 2.45) is 0 Å². The third-order valence-electron chi connectivity index (χ3n) is 4.58. The second-order valence-corrected chi connectivity index (χ2v) is 7.04. The first-order valence-electron chi connectivity index (χ1n) is 9.11. The molecule has 1 aromatic carbocycles. The zero-order chi connectivity index (χ0) is 19.7. The number of carbonyl (C=O) groups excluding carboxylic acids is 1. The number of halogens is 1. The topological polar surface area (TPSA) is 64.2 Å². The SMILES string of the molecule is CCc1nc2ccc(Cl)cn2c1C(=O)NCc1ccn(-c2ccc(C)cc2)n1. The standard InChI is InChI=1S/C21H20ClN5O/c1-3-18-20(26-13-15(22)6-9-19(26)24-18)21(28)23-12-16-10-11-27(25-16)17-7-4-14(2)5-8-17/h4-11,13H,3,12H2,1-2H3,(H,23,28). The van der Waals surface area contributed by atoms with Crippen LogP contribution in [0.15, 0.2) is 54.9 Å². The summed E-state index contributed by atoms with van der Waals surface area (Å²) in [5.41, 5.74) is 4.91. The van der Waals surface area contributed by atoms with Gasteiger partial charge < -0.3 is 5.32 Å². The third kappa shape index (κ3) is 3.51. The maximum Gasteiger partial charge on any atom is 0.270 e. The van der Waals surface area contributed by atoms with E-state index in [1.54, 1.807) is 21.3 Å². The molecule has 0 fully saturated rings. The highest BCUT2D eigenvalue weighted by atomic mass is 35.5. The number of aromatic nitrogens is 4. The van der Waals surface area contributed by atoms with Crippen molar-refractivity contribution in [3.8, 4) is 5.69 Å². The Bertz CT molecular complexity index is 1140. The summed E-state index contributed by atoms with van der Waals surface area (Å²) in [5.74, 6) is -0.198. The van der Waals surface area contributed by atoms with Crippen LogP contribution in [0, 0.1) is 6.92 Å². The lowest BCUT2D eigenvalue weighted by Gasteiger charge is -2.06. The number of imidazole rings is 1. The minimum atomic E-state index is -0.198. The number of nitrogens with one attached hydrogen (secondary N) is 1. The van der Waals surface area contributed by atoms with E-state index in [4.69, 9.17) is 11.6 Å². The fourth-order valence-corrected chi connectivity index (χ4v) is 3.27. The van der Waals surface area contributed by atoms with Crippen LogP contribution in [0.2, 0.25) is 5.02 Å². The number of hydrogen-bond acceptors (Lipinski definition) is 3. The van der Waals surface area contributed by atoms with Crippen molar-refractivity contribution in [3.05, 3.63) is 82.5 Å². The van der Waals surface area contributed by atoms with Crippen LogP contribution in [0.1, 0.15) is 34.4 Å². The number of carbonyl (C=O) groups is 1. The van der Waals surface area contributed by atoms with E-state index < -0.39 is 0 Å². The zero-order valence-corrected chi connectivity index (χ0v) is 16.4. The molecule has 28 heavy (non-hydrogen) atoms. The Balaban J connectivity index is 1.53. The highest BCUT2D eigenvalue weighted by Gasteiger charge is 2.18. The van der Waals surface area contributed by atoms with E-state index in [1.165, 1.54) is 5.56 Å². The lowest BCUT2D eigenvalue weighted by atomic mass is 10.2. The van der Waals surface area contributed by atoms with Gasteiger partial charge in [-0.3, -0.25) is 9.20 Å². The second kappa shape index (κ2) is 7.48. The van der Waals surface area contributed by atoms with Gasteiger partial charge in [0.05, 0.1) is 28.6 Å². The molecule has 0 unspecified atom stereocenters. The molecule has 0 aliphatic carbocycles. The van der Waals surface area contributed by atoms with Crippen molar-refractivity contribution in [1.29, 1.82) is 0 Å². The lowest BCUT2D eigenvalue weighted by Crippen LogP contribution is -2.25. The maximum absolute atomic E-state index is 12.8. The Kier molecular flexibility index (Phi) is 4.88. The number of nitrogens with zero attached hydrogens (tertiary/aromatic N) is 4. The Hall–Kier alpha value is -3.12. The van der Waals surface area contributed by atoms with Gasteiger partial charge in [0.25, 0.3) is 5.91 Å². The molecule has 3 heterocycles. The summed E-state index contributed by atoms with van der Waals surface area (Å²) in [6.45, 7) is 4.35. The minimum Gasteiger partial charge on any atom is -0.345 e. The van der Waals surface area contributed by atoms with E-state index in [-0.39, 0.29) is 5.91 Å². The van der Waals surface area contributed by atoms with Crippen molar-refractivity contribution < 1.29 is 4.79 Å². The van der Waals surface area contributed by atoms with E-state index in [9.17, 15) is 4.79 Å². The van der Waals surface area contributed by atoms with E-state index in [0.717, 1.165) is 17.1 Å². The predicted octanol–water partition coefficient (Wildman–Crippen LogP) is 3.97. The summed E-state index contributed by atoms with van der Waals surface area (Å²) in [7, 11) is 0. The minimum absolute atomic E-state index is 0.198. The number of rotatable bonds is 5. The first kappa shape index (κ1) is 18.3. The summed E-state index contributed by atoms with van der Waals surface area (Å²) in [6.07, 6.45) is 4.26. The van der Waals surface area contributed by atoms with Gasteiger partial charge in [-0.05, 0) is 43.7 Å². The first-order chi connectivity index (χ1) is 13.5. The van der Waals surface area contributed by atoms with Gasteiger partial charge in [-0.15, -0.1) is 0 Å². The third-order valence-corrected chi connectivity index (χ3v) is 4.80. The molecule has 4 rings (SSSR count). The van der Waals surface area contributed by atoms with Crippen molar-refractivity contribution in [3.63, 3.8) is 0 Å².